The zero-order valence-electron chi connectivity index (χ0n) is 11.6. The predicted octanol–water partition coefficient (Wildman–Crippen LogP) is 5.73. The van der Waals surface area contributed by atoms with E-state index in [9.17, 15) is 4.79 Å². The molecule has 0 unspecified atom stereocenters. The number of thioether (sulfide) groups is 1. The van der Waals surface area contributed by atoms with Crippen molar-refractivity contribution >= 4 is 58.2 Å². The Labute approximate surface area is 148 Å². The van der Waals surface area contributed by atoms with Crippen LogP contribution in [-0.2, 0) is 4.79 Å². The SMILES string of the molecule is Cc1ccc(N2C(=O)CS[C@H]2c2ccc(Cl)cc2Cl)cc1Cl. The molecule has 1 heterocycles. The number of hydrogen-bond donors (Lipinski definition) is 0. The van der Waals surface area contributed by atoms with Crippen molar-refractivity contribution in [2.75, 3.05) is 10.7 Å². The monoisotopic (exact) mass is 371 g/mol. The van der Waals surface area contributed by atoms with Crippen molar-refractivity contribution in [1.29, 1.82) is 0 Å². The number of halogens is 3. The molecule has 0 bridgehead atoms. The maximum absolute atomic E-state index is 12.3. The van der Waals surface area contributed by atoms with Crippen LogP contribution in [0.5, 0.6) is 0 Å². The Kier molecular flexibility index (Phi) is 4.60. The Balaban J connectivity index is 2.03. The van der Waals surface area contributed by atoms with Gasteiger partial charge in [0.1, 0.15) is 5.37 Å². The molecular weight excluding hydrogens is 361 g/mol. The van der Waals surface area contributed by atoms with Crippen molar-refractivity contribution in [2.45, 2.75) is 12.3 Å². The molecule has 0 saturated carbocycles. The van der Waals surface area contributed by atoms with Gasteiger partial charge in [-0.05, 0) is 36.8 Å². The van der Waals surface area contributed by atoms with Crippen LogP contribution in [0.4, 0.5) is 5.69 Å². The van der Waals surface area contributed by atoms with Crippen LogP contribution in [0.3, 0.4) is 0 Å². The quantitative estimate of drug-likeness (QED) is 0.670. The summed E-state index contributed by atoms with van der Waals surface area (Å²) in [6.07, 6.45) is 0. The topological polar surface area (TPSA) is 20.3 Å². The van der Waals surface area contributed by atoms with Gasteiger partial charge in [-0.1, -0.05) is 46.9 Å². The lowest BCUT2D eigenvalue weighted by Gasteiger charge is -2.25. The Morgan fingerprint density at radius 3 is 2.55 bits per heavy atom. The zero-order valence-corrected chi connectivity index (χ0v) is 14.7. The van der Waals surface area contributed by atoms with E-state index in [2.05, 4.69) is 0 Å². The first-order valence-electron chi connectivity index (χ1n) is 6.62. The maximum atomic E-state index is 12.3. The fourth-order valence-corrected chi connectivity index (χ4v) is 4.33. The Morgan fingerprint density at radius 2 is 1.86 bits per heavy atom. The van der Waals surface area contributed by atoms with E-state index in [4.69, 9.17) is 34.8 Å². The summed E-state index contributed by atoms with van der Waals surface area (Å²) in [6.45, 7) is 1.93. The fraction of sp³-hybridized carbons (Fsp3) is 0.188. The number of amides is 1. The van der Waals surface area contributed by atoms with Crippen LogP contribution in [0.2, 0.25) is 15.1 Å². The molecule has 2 aromatic carbocycles. The first kappa shape index (κ1) is 16.0. The molecule has 1 amide bonds. The lowest BCUT2D eigenvalue weighted by atomic mass is 10.1. The Hall–Kier alpha value is -0.870. The summed E-state index contributed by atoms with van der Waals surface area (Å²) >= 11 is 20.0. The summed E-state index contributed by atoms with van der Waals surface area (Å²) in [6, 6.07) is 11.0. The fourth-order valence-electron chi connectivity index (χ4n) is 2.37. The summed E-state index contributed by atoms with van der Waals surface area (Å²) in [5, 5.41) is 1.61. The molecule has 0 spiro atoms. The van der Waals surface area contributed by atoms with Crippen LogP contribution in [0.15, 0.2) is 36.4 Å². The Bertz CT molecular complexity index is 750. The minimum atomic E-state index is -0.170. The highest BCUT2D eigenvalue weighted by atomic mass is 35.5. The van der Waals surface area contributed by atoms with Gasteiger partial charge in [0.15, 0.2) is 0 Å². The van der Waals surface area contributed by atoms with Gasteiger partial charge in [-0.15, -0.1) is 11.8 Å². The van der Waals surface area contributed by atoms with E-state index in [1.165, 1.54) is 0 Å². The van der Waals surface area contributed by atoms with Gasteiger partial charge in [0.2, 0.25) is 5.91 Å². The van der Waals surface area contributed by atoms with E-state index in [1.807, 2.05) is 31.2 Å². The predicted molar refractivity (Wildman–Crippen MR) is 95.3 cm³/mol. The average molecular weight is 373 g/mol. The van der Waals surface area contributed by atoms with Crippen molar-refractivity contribution in [3.63, 3.8) is 0 Å². The summed E-state index contributed by atoms with van der Waals surface area (Å²) in [7, 11) is 0. The second kappa shape index (κ2) is 6.32. The number of benzene rings is 2. The van der Waals surface area contributed by atoms with Gasteiger partial charge < -0.3 is 0 Å². The van der Waals surface area contributed by atoms with Crippen LogP contribution >= 0.6 is 46.6 Å². The van der Waals surface area contributed by atoms with Gasteiger partial charge in [-0.2, -0.15) is 0 Å². The minimum absolute atomic E-state index is 0.0425. The second-order valence-electron chi connectivity index (χ2n) is 5.03. The standard InChI is InChI=1S/C16H12Cl3NOS/c1-9-2-4-11(7-13(9)18)20-15(21)8-22-16(20)12-5-3-10(17)6-14(12)19/h2-7,16H,8H2,1H3/t16-/m0/s1. The third-order valence-corrected chi connectivity index (χ3v) is 5.69. The smallest absolute Gasteiger partial charge is 0.238 e. The summed E-state index contributed by atoms with van der Waals surface area (Å²) in [5.41, 5.74) is 2.63. The Morgan fingerprint density at radius 1 is 1.09 bits per heavy atom. The number of carbonyl (C=O) groups excluding carboxylic acids is 1. The van der Waals surface area contributed by atoms with Gasteiger partial charge in [-0.3, -0.25) is 9.69 Å². The highest BCUT2D eigenvalue weighted by Crippen LogP contribution is 2.45. The molecule has 0 aromatic heterocycles. The number of nitrogens with zero attached hydrogens (tertiary/aromatic N) is 1. The molecule has 0 N–H and O–H groups in total. The third-order valence-electron chi connectivity index (χ3n) is 3.53. The third kappa shape index (κ3) is 2.95. The van der Waals surface area contributed by atoms with E-state index >= 15 is 0 Å². The molecule has 1 saturated heterocycles. The molecule has 6 heteroatoms. The maximum Gasteiger partial charge on any atom is 0.238 e. The summed E-state index contributed by atoms with van der Waals surface area (Å²) in [4.78, 5) is 14.1. The lowest BCUT2D eigenvalue weighted by molar-refractivity contribution is -0.115. The molecule has 2 aromatic rings. The van der Waals surface area contributed by atoms with Crippen LogP contribution in [0.25, 0.3) is 0 Å². The first-order chi connectivity index (χ1) is 10.5. The van der Waals surface area contributed by atoms with E-state index in [1.54, 1.807) is 28.8 Å². The normalized spacial score (nSPS) is 18.1. The highest BCUT2D eigenvalue weighted by Gasteiger charge is 2.35. The molecule has 114 valence electrons. The molecule has 3 rings (SSSR count). The molecule has 1 aliphatic heterocycles. The van der Waals surface area contributed by atoms with Gasteiger partial charge in [0.25, 0.3) is 0 Å². The van der Waals surface area contributed by atoms with Gasteiger partial charge in [-0.25, -0.2) is 0 Å². The number of anilines is 1. The second-order valence-corrected chi connectivity index (χ2v) is 7.35. The molecule has 2 nitrogen and oxygen atoms in total. The van der Waals surface area contributed by atoms with Gasteiger partial charge in [0.05, 0.1) is 5.75 Å². The number of carbonyl (C=O) groups is 1. The van der Waals surface area contributed by atoms with E-state index in [-0.39, 0.29) is 11.3 Å². The number of rotatable bonds is 2. The van der Waals surface area contributed by atoms with Crippen molar-refractivity contribution in [3.05, 3.63) is 62.6 Å². The molecule has 1 atom stereocenters. The van der Waals surface area contributed by atoms with E-state index in [0.717, 1.165) is 16.8 Å². The molecule has 1 aliphatic rings. The lowest BCUT2D eigenvalue weighted by Crippen LogP contribution is -2.28. The van der Waals surface area contributed by atoms with E-state index < -0.39 is 0 Å². The summed E-state index contributed by atoms with van der Waals surface area (Å²) in [5.74, 6) is 0.454. The highest BCUT2D eigenvalue weighted by molar-refractivity contribution is 8.00. The summed E-state index contributed by atoms with van der Waals surface area (Å²) < 4.78 is 0. The van der Waals surface area contributed by atoms with Crippen molar-refractivity contribution in [1.82, 2.24) is 0 Å². The van der Waals surface area contributed by atoms with Gasteiger partial charge >= 0.3 is 0 Å². The molecular formula is C16H12Cl3NOS. The molecule has 22 heavy (non-hydrogen) atoms. The van der Waals surface area contributed by atoms with Crippen LogP contribution in [0, 0.1) is 6.92 Å². The number of aryl methyl sites for hydroxylation is 1. The average Bonchev–Trinajstić information content (AvgIpc) is 2.84. The molecule has 1 fully saturated rings. The zero-order chi connectivity index (χ0) is 15.9. The van der Waals surface area contributed by atoms with Crippen molar-refractivity contribution < 1.29 is 4.79 Å². The van der Waals surface area contributed by atoms with Crippen molar-refractivity contribution in [3.8, 4) is 0 Å². The number of hydrogen-bond acceptors (Lipinski definition) is 2. The largest absolute Gasteiger partial charge is 0.295 e. The molecule has 0 aliphatic carbocycles. The van der Waals surface area contributed by atoms with Gasteiger partial charge in [0, 0.05) is 26.3 Å². The van der Waals surface area contributed by atoms with E-state index in [0.29, 0.717) is 20.8 Å². The minimum Gasteiger partial charge on any atom is -0.295 e. The van der Waals surface area contributed by atoms with Crippen LogP contribution in [-0.4, -0.2) is 11.7 Å². The molecule has 0 radical (unpaired) electrons. The van der Waals surface area contributed by atoms with Crippen LogP contribution < -0.4 is 4.90 Å². The van der Waals surface area contributed by atoms with Crippen LogP contribution in [0.1, 0.15) is 16.5 Å². The first-order valence-corrected chi connectivity index (χ1v) is 8.80. The van der Waals surface area contributed by atoms with Crippen molar-refractivity contribution in [2.24, 2.45) is 0 Å².